The molecule has 0 spiro atoms. The number of rotatable bonds is 8. The van der Waals surface area contributed by atoms with Gasteiger partial charge in [-0.3, -0.25) is 4.57 Å². The number of ether oxygens (including phenoxy) is 2. The van der Waals surface area contributed by atoms with Crippen LogP contribution in [0, 0.1) is 0 Å². The van der Waals surface area contributed by atoms with Crippen LogP contribution in [0.5, 0.6) is 11.5 Å². The molecule has 0 aliphatic heterocycles. The third-order valence-corrected chi connectivity index (χ3v) is 3.77. The predicted molar refractivity (Wildman–Crippen MR) is 100 cm³/mol. The first-order valence-corrected chi connectivity index (χ1v) is 8.50. The molecule has 0 radical (unpaired) electrons. The van der Waals surface area contributed by atoms with Gasteiger partial charge >= 0.3 is 6.03 Å². The normalized spacial score (nSPS) is 10.3. The number of amides is 2. The molecule has 0 unspecified atom stereocenters. The maximum atomic E-state index is 12.0. The van der Waals surface area contributed by atoms with Gasteiger partial charge in [0.1, 0.15) is 12.9 Å². The first-order valence-electron chi connectivity index (χ1n) is 8.50. The fourth-order valence-corrected chi connectivity index (χ4v) is 2.47. The van der Waals surface area contributed by atoms with Gasteiger partial charge in [0.15, 0.2) is 17.3 Å². The van der Waals surface area contributed by atoms with Gasteiger partial charge < -0.3 is 20.1 Å². The van der Waals surface area contributed by atoms with E-state index in [9.17, 15) is 4.79 Å². The van der Waals surface area contributed by atoms with Crippen LogP contribution < -0.4 is 20.1 Å². The summed E-state index contributed by atoms with van der Waals surface area (Å²) in [6.07, 6.45) is 1.62. The highest BCUT2D eigenvalue weighted by atomic mass is 16.5. The van der Waals surface area contributed by atoms with Gasteiger partial charge in [-0.25, -0.2) is 4.79 Å². The zero-order chi connectivity index (χ0) is 18.9. The second kappa shape index (κ2) is 9.23. The molecule has 2 amide bonds. The summed E-state index contributed by atoms with van der Waals surface area (Å²) in [5.41, 5.74) is 0.935. The van der Waals surface area contributed by atoms with Gasteiger partial charge in [-0.15, -0.1) is 10.2 Å². The molecule has 0 fully saturated rings. The third kappa shape index (κ3) is 4.97. The topological polar surface area (TPSA) is 90.3 Å². The van der Waals surface area contributed by atoms with E-state index in [2.05, 4.69) is 20.8 Å². The number of nitrogens with zero attached hydrogens (tertiary/aromatic N) is 3. The zero-order valence-corrected chi connectivity index (χ0v) is 15.0. The number of methoxy groups -OCH3 is 1. The Kier molecular flexibility index (Phi) is 6.24. The average Bonchev–Trinajstić information content (AvgIpc) is 3.19. The van der Waals surface area contributed by atoms with E-state index in [4.69, 9.17) is 9.47 Å². The number of aromatic nitrogens is 3. The molecule has 2 N–H and O–H groups in total. The van der Waals surface area contributed by atoms with E-state index in [0.29, 0.717) is 30.5 Å². The summed E-state index contributed by atoms with van der Waals surface area (Å²) in [6, 6.07) is 16.7. The fraction of sp³-hybridized carbons (Fsp3) is 0.211. The Morgan fingerprint density at radius 1 is 1.04 bits per heavy atom. The van der Waals surface area contributed by atoms with E-state index >= 15 is 0 Å². The van der Waals surface area contributed by atoms with Crippen LogP contribution in [0.15, 0.2) is 60.9 Å². The van der Waals surface area contributed by atoms with Crippen LogP contribution in [-0.4, -0.2) is 41.1 Å². The minimum atomic E-state index is -0.304. The molecule has 140 valence electrons. The minimum Gasteiger partial charge on any atom is -0.493 e. The Morgan fingerprint density at radius 2 is 1.78 bits per heavy atom. The van der Waals surface area contributed by atoms with Crippen LogP contribution >= 0.6 is 0 Å². The van der Waals surface area contributed by atoms with E-state index in [1.54, 1.807) is 13.4 Å². The van der Waals surface area contributed by atoms with Gasteiger partial charge in [-0.2, -0.15) is 0 Å². The molecule has 1 aromatic heterocycles. The predicted octanol–water partition coefficient (Wildman–Crippen LogP) is 2.15. The molecular formula is C19H21N5O3. The van der Waals surface area contributed by atoms with Crippen molar-refractivity contribution in [2.45, 2.75) is 6.54 Å². The number of hydrogen-bond acceptors (Lipinski definition) is 5. The first-order chi connectivity index (χ1) is 13.3. The summed E-state index contributed by atoms with van der Waals surface area (Å²) in [7, 11) is 1.59. The Morgan fingerprint density at radius 3 is 2.56 bits per heavy atom. The molecule has 27 heavy (non-hydrogen) atoms. The molecule has 3 aromatic rings. The van der Waals surface area contributed by atoms with Gasteiger partial charge in [0, 0.05) is 5.69 Å². The van der Waals surface area contributed by atoms with Crippen molar-refractivity contribution in [2.24, 2.45) is 0 Å². The van der Waals surface area contributed by atoms with E-state index in [1.165, 1.54) is 0 Å². The molecule has 0 saturated heterocycles. The standard InChI is InChI=1S/C19H21N5O3/c1-26-16-9-5-6-10-17(16)27-12-11-20-19(25)21-13-18-23-22-14-24(18)15-7-3-2-4-8-15/h2-10,14H,11-13H2,1H3,(H2,20,21,25). The summed E-state index contributed by atoms with van der Waals surface area (Å²) in [4.78, 5) is 12.0. The van der Waals surface area contributed by atoms with Gasteiger partial charge in [-0.05, 0) is 24.3 Å². The quantitative estimate of drug-likeness (QED) is 0.596. The Hall–Kier alpha value is -3.55. The largest absolute Gasteiger partial charge is 0.493 e. The van der Waals surface area contributed by atoms with Crippen LogP contribution in [0.2, 0.25) is 0 Å². The zero-order valence-electron chi connectivity index (χ0n) is 15.0. The van der Waals surface area contributed by atoms with Gasteiger partial charge in [0.2, 0.25) is 0 Å². The highest BCUT2D eigenvalue weighted by Gasteiger charge is 2.08. The molecule has 0 saturated carbocycles. The lowest BCUT2D eigenvalue weighted by Crippen LogP contribution is -2.37. The second-order valence-corrected chi connectivity index (χ2v) is 5.56. The van der Waals surface area contributed by atoms with Crippen molar-refractivity contribution in [1.82, 2.24) is 25.4 Å². The van der Waals surface area contributed by atoms with Gasteiger partial charge in [-0.1, -0.05) is 30.3 Å². The Labute approximate surface area is 157 Å². The van der Waals surface area contributed by atoms with Gasteiger partial charge in [0.05, 0.1) is 20.2 Å². The molecule has 0 atom stereocenters. The van der Waals surface area contributed by atoms with Crippen molar-refractivity contribution in [3.8, 4) is 17.2 Å². The van der Waals surface area contributed by atoms with Crippen molar-refractivity contribution in [1.29, 1.82) is 0 Å². The van der Waals surface area contributed by atoms with Gasteiger partial charge in [0.25, 0.3) is 0 Å². The number of urea groups is 1. The molecule has 8 heteroatoms. The van der Waals surface area contributed by atoms with Crippen LogP contribution in [0.25, 0.3) is 5.69 Å². The number of carbonyl (C=O) groups is 1. The van der Waals surface area contributed by atoms with E-state index in [1.807, 2.05) is 59.2 Å². The number of hydrogen-bond donors (Lipinski definition) is 2. The van der Waals surface area contributed by atoms with E-state index < -0.39 is 0 Å². The summed E-state index contributed by atoms with van der Waals surface area (Å²) < 4.78 is 12.6. The summed E-state index contributed by atoms with van der Waals surface area (Å²) in [5, 5.41) is 13.5. The van der Waals surface area contributed by atoms with Crippen LogP contribution in [0.4, 0.5) is 4.79 Å². The molecular weight excluding hydrogens is 346 g/mol. The summed E-state index contributed by atoms with van der Waals surface area (Å²) in [5.74, 6) is 1.93. The summed E-state index contributed by atoms with van der Waals surface area (Å²) in [6.45, 7) is 0.942. The van der Waals surface area contributed by atoms with Crippen molar-refractivity contribution < 1.29 is 14.3 Å². The summed E-state index contributed by atoms with van der Waals surface area (Å²) >= 11 is 0. The van der Waals surface area contributed by atoms with Crippen LogP contribution in [-0.2, 0) is 6.54 Å². The molecule has 1 heterocycles. The monoisotopic (exact) mass is 367 g/mol. The Bertz CT molecular complexity index is 867. The average molecular weight is 367 g/mol. The van der Waals surface area contributed by atoms with Crippen molar-refractivity contribution >= 4 is 6.03 Å². The second-order valence-electron chi connectivity index (χ2n) is 5.56. The molecule has 2 aromatic carbocycles. The van der Waals surface area contributed by atoms with Crippen molar-refractivity contribution in [2.75, 3.05) is 20.3 Å². The first kappa shape index (κ1) is 18.2. The van der Waals surface area contributed by atoms with Crippen molar-refractivity contribution in [3.63, 3.8) is 0 Å². The molecule has 8 nitrogen and oxygen atoms in total. The lowest BCUT2D eigenvalue weighted by Gasteiger charge is -2.11. The van der Waals surface area contributed by atoms with Crippen molar-refractivity contribution in [3.05, 3.63) is 66.7 Å². The fourth-order valence-electron chi connectivity index (χ4n) is 2.47. The van der Waals surface area contributed by atoms with E-state index in [0.717, 1.165) is 5.69 Å². The smallest absolute Gasteiger partial charge is 0.315 e. The number of nitrogens with one attached hydrogen (secondary N) is 2. The van der Waals surface area contributed by atoms with E-state index in [-0.39, 0.29) is 12.6 Å². The number of para-hydroxylation sites is 3. The van der Waals surface area contributed by atoms with Crippen LogP contribution in [0.3, 0.4) is 0 Å². The maximum absolute atomic E-state index is 12.0. The molecule has 0 bridgehead atoms. The number of carbonyl (C=O) groups excluding carboxylic acids is 1. The van der Waals surface area contributed by atoms with Crippen LogP contribution in [0.1, 0.15) is 5.82 Å². The lowest BCUT2D eigenvalue weighted by molar-refractivity contribution is 0.235. The molecule has 0 aliphatic carbocycles. The highest BCUT2D eigenvalue weighted by molar-refractivity contribution is 5.73. The SMILES string of the molecule is COc1ccccc1OCCNC(=O)NCc1nncn1-c1ccccc1. The molecule has 0 aliphatic rings. The number of benzene rings is 2. The highest BCUT2D eigenvalue weighted by Crippen LogP contribution is 2.25. The molecule has 3 rings (SSSR count). The lowest BCUT2D eigenvalue weighted by atomic mass is 10.3. The third-order valence-electron chi connectivity index (χ3n) is 3.77. The minimum absolute atomic E-state index is 0.258. The maximum Gasteiger partial charge on any atom is 0.315 e. The Balaban J connectivity index is 1.43.